The van der Waals surface area contributed by atoms with Gasteiger partial charge in [-0.25, -0.2) is 0 Å². The summed E-state index contributed by atoms with van der Waals surface area (Å²) in [4.78, 5) is 10.7. The van der Waals surface area contributed by atoms with Crippen LogP contribution in [0.4, 0.5) is 0 Å². The Balaban J connectivity index is 2.70. The van der Waals surface area contributed by atoms with Crippen molar-refractivity contribution in [2.75, 3.05) is 6.61 Å². The number of carbonyl (C=O) groups excluding carboxylic acids is 1. The number of amides is 1. The van der Waals surface area contributed by atoms with E-state index in [-0.39, 0.29) is 0 Å². The number of rotatable bonds is 2. The van der Waals surface area contributed by atoms with E-state index in [0.717, 1.165) is 0 Å². The number of ether oxygens (including phenoxy) is 1. The van der Waals surface area contributed by atoms with Crippen molar-refractivity contribution in [3.63, 3.8) is 0 Å². The van der Waals surface area contributed by atoms with Crippen LogP contribution in [0.25, 0.3) is 0 Å². The monoisotopic (exact) mass is 222 g/mol. The summed E-state index contributed by atoms with van der Waals surface area (Å²) >= 11 is 0. The predicted molar refractivity (Wildman–Crippen MR) is 47.6 cm³/mol. The van der Waals surface area contributed by atoms with E-state index in [0.29, 0.717) is 0 Å². The molecule has 5 atom stereocenters. The second-order valence-corrected chi connectivity index (χ2v) is 3.46. The van der Waals surface area contributed by atoms with Crippen molar-refractivity contribution in [1.29, 1.82) is 0 Å². The molecular formula is C8H15NO6. The van der Waals surface area contributed by atoms with Gasteiger partial charge in [0.05, 0.1) is 6.61 Å². The fraction of sp³-hybridized carbons (Fsp3) is 0.875. The molecule has 7 nitrogen and oxygen atoms in total. The number of nitrogens with one attached hydrogen (secondary N) is 1. The third-order valence-electron chi connectivity index (χ3n) is 2.27. The highest BCUT2D eigenvalue weighted by molar-refractivity contribution is 5.73. The molecule has 1 aliphatic heterocycles. The predicted octanol–water partition coefficient (Wildman–Crippen LogP) is -3.08. The van der Waals surface area contributed by atoms with Crippen molar-refractivity contribution in [1.82, 2.24) is 5.32 Å². The molecule has 0 radical (unpaired) electrons. The first kappa shape index (κ1) is 12.3. The maximum absolute atomic E-state index is 10.7. The zero-order chi connectivity index (χ0) is 11.6. The molecule has 0 aromatic rings. The number of aliphatic hydroxyl groups excluding tert-OH is 4. The number of hydrogen-bond acceptors (Lipinski definition) is 6. The highest BCUT2D eigenvalue weighted by Crippen LogP contribution is 2.19. The molecule has 0 bridgehead atoms. The minimum absolute atomic E-state index is 0.462. The Labute approximate surface area is 86.3 Å². The normalized spacial score (nSPS) is 41.3. The molecule has 1 unspecified atom stereocenters. The zero-order valence-corrected chi connectivity index (χ0v) is 8.20. The summed E-state index contributed by atoms with van der Waals surface area (Å²) in [7, 11) is 0. The van der Waals surface area contributed by atoms with Crippen LogP contribution in [-0.4, -0.2) is 63.6 Å². The van der Waals surface area contributed by atoms with E-state index in [1.807, 2.05) is 0 Å². The topological polar surface area (TPSA) is 119 Å². The molecule has 1 saturated heterocycles. The molecule has 0 aliphatic carbocycles. The van der Waals surface area contributed by atoms with Gasteiger partial charge in [-0.1, -0.05) is 0 Å². The van der Waals surface area contributed by atoms with Crippen molar-refractivity contribution < 1.29 is 30.0 Å². The fourth-order valence-electron chi connectivity index (χ4n) is 1.49. The Morgan fingerprint density at radius 1 is 1.33 bits per heavy atom. The van der Waals surface area contributed by atoms with Crippen molar-refractivity contribution in [3.8, 4) is 0 Å². The molecule has 7 heteroatoms. The molecule has 88 valence electrons. The van der Waals surface area contributed by atoms with Gasteiger partial charge in [0.25, 0.3) is 0 Å². The SMILES string of the molecule is C[13C](=O)N[C@H]1C(O)O[C@H](CO)[C@@H](O)[C@@H]1O. The van der Waals surface area contributed by atoms with E-state index < -0.39 is 43.2 Å². The van der Waals surface area contributed by atoms with E-state index in [2.05, 4.69) is 5.32 Å². The Hall–Kier alpha value is -0.730. The van der Waals surface area contributed by atoms with Gasteiger partial charge in [-0.3, -0.25) is 4.79 Å². The standard InChI is InChI=1S/C8H15NO6/c1-3(11)9-5-7(13)6(12)4(2-10)15-8(5)14/h4-8,10,12-14H,2H2,1H3,(H,9,11)/t4-,5-,6-,7-,8?/m1/s1/i3+1. The Morgan fingerprint density at radius 2 is 1.93 bits per heavy atom. The average Bonchev–Trinajstić information content (AvgIpc) is 2.18. The molecule has 1 aliphatic rings. The quantitative estimate of drug-likeness (QED) is 0.316. The van der Waals surface area contributed by atoms with E-state index in [9.17, 15) is 20.1 Å². The molecule has 0 saturated carbocycles. The molecule has 5 N–H and O–H groups in total. The lowest BCUT2D eigenvalue weighted by Gasteiger charge is -2.40. The summed E-state index contributed by atoms with van der Waals surface area (Å²) in [5.74, 6) is -0.462. The average molecular weight is 222 g/mol. The van der Waals surface area contributed by atoms with Gasteiger partial charge in [0.15, 0.2) is 6.29 Å². The summed E-state index contributed by atoms with van der Waals surface area (Å²) < 4.78 is 4.81. The van der Waals surface area contributed by atoms with Crippen LogP contribution in [0, 0.1) is 0 Å². The number of aliphatic hydroxyl groups is 4. The van der Waals surface area contributed by atoms with Crippen LogP contribution >= 0.6 is 0 Å². The lowest BCUT2D eigenvalue weighted by molar-refractivity contribution is -0.253. The summed E-state index contributed by atoms with van der Waals surface area (Å²) in [6, 6.07) is -1.10. The molecule has 15 heavy (non-hydrogen) atoms. The van der Waals surface area contributed by atoms with Gasteiger partial charge in [-0.2, -0.15) is 0 Å². The van der Waals surface area contributed by atoms with E-state index in [1.165, 1.54) is 6.92 Å². The lowest BCUT2D eigenvalue weighted by Crippen LogP contribution is -2.63. The van der Waals surface area contributed by atoms with E-state index >= 15 is 0 Å². The van der Waals surface area contributed by atoms with Crippen molar-refractivity contribution in [3.05, 3.63) is 0 Å². The number of hydrogen-bond donors (Lipinski definition) is 5. The van der Waals surface area contributed by atoms with Crippen LogP contribution in [0.1, 0.15) is 6.92 Å². The summed E-state index contributed by atoms with van der Waals surface area (Å²) in [5.41, 5.74) is 0. The molecule has 0 spiro atoms. The third-order valence-corrected chi connectivity index (χ3v) is 2.27. The Bertz CT molecular complexity index is 235. The summed E-state index contributed by atoms with van der Waals surface area (Å²) in [6.07, 6.45) is -5.24. The first-order valence-corrected chi connectivity index (χ1v) is 4.55. The molecule has 1 rings (SSSR count). The van der Waals surface area contributed by atoms with Crippen LogP contribution in [0.3, 0.4) is 0 Å². The Kier molecular flexibility index (Phi) is 4.00. The first-order chi connectivity index (χ1) is 6.97. The molecule has 1 fully saturated rings. The highest BCUT2D eigenvalue weighted by atomic mass is 16.6. The van der Waals surface area contributed by atoms with Crippen LogP contribution < -0.4 is 5.32 Å². The summed E-state index contributed by atoms with van der Waals surface area (Å²) in [6.45, 7) is 0.687. The minimum atomic E-state index is -1.45. The van der Waals surface area contributed by atoms with Gasteiger partial charge in [0.2, 0.25) is 5.91 Å². The maximum atomic E-state index is 10.7. The van der Waals surface area contributed by atoms with E-state index in [4.69, 9.17) is 9.84 Å². The lowest BCUT2D eigenvalue weighted by atomic mass is 9.97. The minimum Gasteiger partial charge on any atom is -0.394 e. The second-order valence-electron chi connectivity index (χ2n) is 3.46. The van der Waals surface area contributed by atoms with Gasteiger partial charge in [-0.15, -0.1) is 0 Å². The zero-order valence-electron chi connectivity index (χ0n) is 8.20. The van der Waals surface area contributed by atoms with Crippen LogP contribution in [-0.2, 0) is 9.53 Å². The third kappa shape index (κ3) is 2.64. The van der Waals surface area contributed by atoms with E-state index in [1.54, 1.807) is 0 Å². The van der Waals surface area contributed by atoms with Crippen molar-refractivity contribution in [2.45, 2.75) is 37.6 Å². The van der Waals surface area contributed by atoms with Gasteiger partial charge in [0.1, 0.15) is 24.4 Å². The molecular weight excluding hydrogens is 207 g/mol. The van der Waals surface area contributed by atoms with Crippen LogP contribution in [0.15, 0.2) is 0 Å². The number of carbonyl (C=O) groups is 1. The molecule has 0 aromatic carbocycles. The van der Waals surface area contributed by atoms with Crippen LogP contribution in [0.2, 0.25) is 0 Å². The van der Waals surface area contributed by atoms with Crippen molar-refractivity contribution in [2.24, 2.45) is 0 Å². The summed E-state index contributed by atoms with van der Waals surface area (Å²) in [5, 5.41) is 39.4. The maximum Gasteiger partial charge on any atom is 0.217 e. The highest BCUT2D eigenvalue weighted by Gasteiger charge is 2.43. The molecule has 0 aromatic heterocycles. The second kappa shape index (κ2) is 4.86. The van der Waals surface area contributed by atoms with Gasteiger partial charge >= 0.3 is 0 Å². The fourth-order valence-corrected chi connectivity index (χ4v) is 1.49. The van der Waals surface area contributed by atoms with Gasteiger partial charge in [0, 0.05) is 6.92 Å². The molecule has 1 amide bonds. The van der Waals surface area contributed by atoms with Crippen LogP contribution in [0.5, 0.6) is 0 Å². The largest absolute Gasteiger partial charge is 0.394 e. The first-order valence-electron chi connectivity index (χ1n) is 4.55. The smallest absolute Gasteiger partial charge is 0.217 e. The van der Waals surface area contributed by atoms with Crippen molar-refractivity contribution >= 4 is 5.91 Å². The molecule has 1 heterocycles. The van der Waals surface area contributed by atoms with Gasteiger partial charge < -0.3 is 30.5 Å². The Morgan fingerprint density at radius 3 is 2.40 bits per heavy atom. The van der Waals surface area contributed by atoms with Gasteiger partial charge in [-0.05, 0) is 0 Å².